The molecule has 4 rings (SSSR count). The van der Waals surface area contributed by atoms with Crippen molar-refractivity contribution in [1.29, 1.82) is 0 Å². The van der Waals surface area contributed by atoms with Crippen LogP contribution in [0.5, 0.6) is 0 Å². The number of hydrogen-bond donors (Lipinski definition) is 1. The molecule has 34 heavy (non-hydrogen) atoms. The summed E-state index contributed by atoms with van der Waals surface area (Å²) in [5.41, 5.74) is 2.06. The van der Waals surface area contributed by atoms with E-state index in [2.05, 4.69) is 45.5 Å². The van der Waals surface area contributed by atoms with Crippen LogP contribution in [0.1, 0.15) is 30.6 Å². The molecule has 0 atom stereocenters. The number of amides is 3. The van der Waals surface area contributed by atoms with Crippen LogP contribution in [-0.2, 0) is 17.8 Å². The molecular weight excluding hydrogens is 494 g/mol. The fourth-order valence-corrected chi connectivity index (χ4v) is 4.57. The second-order valence-electron chi connectivity index (χ2n) is 8.70. The molecule has 0 unspecified atom stereocenters. The van der Waals surface area contributed by atoms with Gasteiger partial charge in [-0.05, 0) is 67.1 Å². The summed E-state index contributed by atoms with van der Waals surface area (Å²) in [5.74, 6) is 1.39. The number of halogens is 1. The molecule has 1 N–H and O–H groups in total. The summed E-state index contributed by atoms with van der Waals surface area (Å²) in [7, 11) is 0. The molecule has 6 nitrogen and oxygen atoms in total. The monoisotopic (exact) mass is 523 g/mol. The summed E-state index contributed by atoms with van der Waals surface area (Å²) >= 11 is 3.40. The molecule has 7 heteroatoms. The largest absolute Gasteiger partial charge is 0.467 e. The van der Waals surface area contributed by atoms with Gasteiger partial charge in [-0.2, -0.15) is 0 Å². The number of benzene rings is 2. The molecule has 0 aliphatic carbocycles. The zero-order valence-electron chi connectivity index (χ0n) is 19.2. The van der Waals surface area contributed by atoms with Gasteiger partial charge in [-0.1, -0.05) is 46.3 Å². The van der Waals surface area contributed by atoms with E-state index in [1.165, 1.54) is 5.56 Å². The fourth-order valence-electron chi connectivity index (χ4n) is 4.30. The second kappa shape index (κ2) is 11.9. The van der Waals surface area contributed by atoms with E-state index in [9.17, 15) is 9.59 Å². The highest BCUT2D eigenvalue weighted by atomic mass is 79.9. The van der Waals surface area contributed by atoms with Crippen LogP contribution < -0.4 is 5.32 Å². The Kier molecular flexibility index (Phi) is 8.41. The minimum absolute atomic E-state index is 0.0963. The van der Waals surface area contributed by atoms with Crippen molar-refractivity contribution in [3.05, 3.63) is 88.8 Å². The van der Waals surface area contributed by atoms with Crippen LogP contribution in [0.15, 0.2) is 81.9 Å². The zero-order chi connectivity index (χ0) is 23.8. The van der Waals surface area contributed by atoms with E-state index in [4.69, 9.17) is 4.42 Å². The average Bonchev–Trinajstić information content (AvgIpc) is 3.37. The average molecular weight is 524 g/mol. The Bertz CT molecular complexity index is 1050. The van der Waals surface area contributed by atoms with Crippen molar-refractivity contribution in [3.63, 3.8) is 0 Å². The lowest BCUT2D eigenvalue weighted by Crippen LogP contribution is -2.42. The van der Waals surface area contributed by atoms with Crippen molar-refractivity contribution in [2.45, 2.75) is 32.2 Å². The molecule has 178 valence electrons. The van der Waals surface area contributed by atoms with Gasteiger partial charge in [-0.3, -0.25) is 4.79 Å². The van der Waals surface area contributed by atoms with Crippen molar-refractivity contribution < 1.29 is 14.0 Å². The minimum atomic E-state index is -0.256. The summed E-state index contributed by atoms with van der Waals surface area (Å²) < 4.78 is 6.38. The summed E-state index contributed by atoms with van der Waals surface area (Å²) in [5, 5.41) is 2.91. The van der Waals surface area contributed by atoms with Gasteiger partial charge in [-0.25, -0.2) is 4.79 Å². The Morgan fingerprint density at radius 3 is 2.41 bits per heavy atom. The normalized spacial score (nSPS) is 14.1. The van der Waals surface area contributed by atoms with Gasteiger partial charge in [0.05, 0.1) is 12.8 Å². The number of carbonyl (C=O) groups excluding carboxylic acids is 2. The number of hydrogen-bond acceptors (Lipinski definition) is 3. The number of piperidine rings is 1. The van der Waals surface area contributed by atoms with E-state index >= 15 is 0 Å². The Labute approximate surface area is 209 Å². The number of carbonyl (C=O) groups is 2. The molecule has 3 amide bonds. The first-order valence-electron chi connectivity index (χ1n) is 11.7. The highest BCUT2D eigenvalue weighted by Crippen LogP contribution is 2.22. The summed E-state index contributed by atoms with van der Waals surface area (Å²) in [6.45, 7) is 2.19. The Hall–Kier alpha value is -3.06. The Morgan fingerprint density at radius 1 is 1.00 bits per heavy atom. The van der Waals surface area contributed by atoms with E-state index < -0.39 is 0 Å². The first-order valence-corrected chi connectivity index (χ1v) is 12.5. The van der Waals surface area contributed by atoms with Gasteiger partial charge in [0, 0.05) is 36.2 Å². The number of nitrogens with zero attached hydrogens (tertiary/aromatic N) is 2. The smallest absolute Gasteiger partial charge is 0.322 e. The van der Waals surface area contributed by atoms with Crippen LogP contribution in [-0.4, -0.2) is 41.4 Å². The third-order valence-electron chi connectivity index (χ3n) is 6.24. The summed E-state index contributed by atoms with van der Waals surface area (Å²) in [6.07, 6.45) is 4.97. The third kappa shape index (κ3) is 6.97. The lowest BCUT2D eigenvalue weighted by atomic mass is 9.90. The van der Waals surface area contributed by atoms with Crippen LogP contribution in [0.3, 0.4) is 0 Å². The molecule has 0 saturated carbocycles. The predicted molar refractivity (Wildman–Crippen MR) is 136 cm³/mol. The minimum Gasteiger partial charge on any atom is -0.467 e. The maximum atomic E-state index is 13.0. The van der Waals surface area contributed by atoms with E-state index in [0.717, 1.165) is 36.8 Å². The van der Waals surface area contributed by atoms with Crippen LogP contribution >= 0.6 is 15.9 Å². The standard InChI is InChI=1S/C27H30BrN3O3/c28-23-8-10-24(11-9-23)29-27(33)31(20-25-7-4-18-34-25)17-14-26(32)30-15-12-22(13-16-30)19-21-5-2-1-3-6-21/h1-11,18,22H,12-17,19-20H2,(H,29,33). The summed E-state index contributed by atoms with van der Waals surface area (Å²) in [6, 6.07) is 21.3. The van der Waals surface area contributed by atoms with Gasteiger partial charge in [0.1, 0.15) is 5.76 Å². The first kappa shape index (κ1) is 24.1. The van der Waals surface area contributed by atoms with E-state index in [1.807, 2.05) is 41.3 Å². The van der Waals surface area contributed by atoms with E-state index in [-0.39, 0.29) is 18.4 Å². The van der Waals surface area contributed by atoms with Crippen molar-refractivity contribution in [1.82, 2.24) is 9.80 Å². The maximum absolute atomic E-state index is 13.0. The highest BCUT2D eigenvalue weighted by Gasteiger charge is 2.24. The molecule has 1 fully saturated rings. The van der Waals surface area contributed by atoms with Crippen LogP contribution in [0.25, 0.3) is 0 Å². The lowest BCUT2D eigenvalue weighted by molar-refractivity contribution is -0.132. The number of anilines is 1. The van der Waals surface area contributed by atoms with Crippen LogP contribution in [0.2, 0.25) is 0 Å². The van der Waals surface area contributed by atoms with Gasteiger partial charge < -0.3 is 19.5 Å². The number of furan rings is 1. The molecule has 2 aromatic carbocycles. The zero-order valence-corrected chi connectivity index (χ0v) is 20.7. The molecule has 0 radical (unpaired) electrons. The quantitative estimate of drug-likeness (QED) is 0.396. The first-order chi connectivity index (χ1) is 16.6. The van der Waals surface area contributed by atoms with Crippen molar-refractivity contribution in [3.8, 4) is 0 Å². The van der Waals surface area contributed by atoms with Gasteiger partial charge in [0.25, 0.3) is 0 Å². The van der Waals surface area contributed by atoms with Gasteiger partial charge in [0.2, 0.25) is 5.91 Å². The van der Waals surface area contributed by atoms with Gasteiger partial charge in [0.15, 0.2) is 0 Å². The Balaban J connectivity index is 1.29. The number of urea groups is 1. The van der Waals surface area contributed by atoms with Crippen LogP contribution in [0.4, 0.5) is 10.5 Å². The number of nitrogens with one attached hydrogen (secondary N) is 1. The van der Waals surface area contributed by atoms with Crippen LogP contribution in [0, 0.1) is 5.92 Å². The molecule has 1 aromatic heterocycles. The van der Waals surface area contributed by atoms with E-state index in [0.29, 0.717) is 30.5 Å². The summed E-state index contributed by atoms with van der Waals surface area (Å²) in [4.78, 5) is 29.5. The topological polar surface area (TPSA) is 65.8 Å². The van der Waals surface area contributed by atoms with Crippen molar-refractivity contribution in [2.75, 3.05) is 25.0 Å². The highest BCUT2D eigenvalue weighted by molar-refractivity contribution is 9.10. The van der Waals surface area contributed by atoms with E-state index in [1.54, 1.807) is 17.2 Å². The van der Waals surface area contributed by atoms with Crippen molar-refractivity contribution in [2.24, 2.45) is 5.92 Å². The molecule has 3 aromatic rings. The predicted octanol–water partition coefficient (Wildman–Crippen LogP) is 5.95. The number of rotatable bonds is 8. The van der Waals surface area contributed by atoms with Gasteiger partial charge in [-0.15, -0.1) is 0 Å². The third-order valence-corrected chi connectivity index (χ3v) is 6.77. The molecule has 1 aliphatic heterocycles. The van der Waals surface area contributed by atoms with Gasteiger partial charge >= 0.3 is 6.03 Å². The molecular formula is C27H30BrN3O3. The maximum Gasteiger partial charge on any atom is 0.322 e. The molecule has 0 spiro atoms. The molecule has 2 heterocycles. The molecule has 1 aliphatic rings. The molecule has 0 bridgehead atoms. The lowest BCUT2D eigenvalue weighted by Gasteiger charge is -2.33. The fraction of sp³-hybridized carbons (Fsp3) is 0.333. The second-order valence-corrected chi connectivity index (χ2v) is 9.62. The molecule has 1 saturated heterocycles. The SMILES string of the molecule is O=C(CCN(Cc1ccco1)C(=O)Nc1ccc(Br)cc1)N1CCC(Cc2ccccc2)CC1. The number of likely N-dealkylation sites (tertiary alicyclic amines) is 1. The Morgan fingerprint density at radius 2 is 1.74 bits per heavy atom. The van der Waals surface area contributed by atoms with Crippen molar-refractivity contribution >= 4 is 33.6 Å².